The molecule has 0 aromatic heterocycles. The number of aliphatic hydroxyl groups is 2. The fourth-order valence-corrected chi connectivity index (χ4v) is 0.664. The van der Waals surface area contributed by atoms with E-state index in [2.05, 4.69) is 14.8 Å². The van der Waals surface area contributed by atoms with Crippen LogP contribution in [0.5, 0.6) is 0 Å². The van der Waals surface area contributed by atoms with Gasteiger partial charge < -0.3 is 14.9 Å². The van der Waals surface area contributed by atoms with Crippen molar-refractivity contribution < 1.29 is 19.7 Å². The predicted octanol–water partition coefficient (Wildman–Crippen LogP) is -0.418. The van der Waals surface area contributed by atoms with Crippen molar-refractivity contribution in [2.24, 2.45) is 5.11 Å². The molecule has 0 aromatic rings. The molecule has 0 spiro atoms. The number of azide groups is 1. The van der Waals surface area contributed by atoms with Crippen LogP contribution in [0.25, 0.3) is 10.4 Å². The molecule has 0 rings (SSSR count). The lowest BCUT2D eigenvalue weighted by atomic mass is 10.2. The van der Waals surface area contributed by atoms with Crippen LogP contribution < -0.4 is 0 Å². The van der Waals surface area contributed by atoms with Gasteiger partial charge in [-0.2, -0.15) is 0 Å². The third-order valence-electron chi connectivity index (χ3n) is 1.26. The average molecular weight is 189 g/mol. The summed E-state index contributed by atoms with van der Waals surface area (Å²) in [7, 11) is 0. The van der Waals surface area contributed by atoms with Crippen molar-refractivity contribution >= 4 is 5.97 Å². The van der Waals surface area contributed by atoms with Gasteiger partial charge in [0.15, 0.2) is 6.04 Å². The Morgan fingerprint density at radius 2 is 2.38 bits per heavy atom. The highest BCUT2D eigenvalue weighted by atomic mass is 16.5. The molecule has 2 atom stereocenters. The van der Waals surface area contributed by atoms with Crippen molar-refractivity contribution in [2.75, 3.05) is 13.2 Å². The van der Waals surface area contributed by atoms with Gasteiger partial charge in [-0.25, -0.2) is 0 Å². The fourth-order valence-electron chi connectivity index (χ4n) is 0.664. The Labute approximate surface area is 74.6 Å². The molecule has 0 radical (unpaired) electrons. The lowest BCUT2D eigenvalue weighted by molar-refractivity contribution is -0.148. The molecule has 0 aromatic carbocycles. The zero-order valence-electron chi connectivity index (χ0n) is 7.12. The summed E-state index contributed by atoms with van der Waals surface area (Å²) in [6.45, 7) is 1.04. The van der Waals surface area contributed by atoms with E-state index in [1.165, 1.54) is 0 Å². The van der Waals surface area contributed by atoms with E-state index in [0.717, 1.165) is 0 Å². The van der Waals surface area contributed by atoms with Crippen molar-refractivity contribution in [2.45, 2.75) is 19.1 Å². The first-order valence-corrected chi connectivity index (χ1v) is 3.67. The molecule has 7 nitrogen and oxygen atoms in total. The van der Waals surface area contributed by atoms with Crippen LogP contribution in [0, 0.1) is 0 Å². The number of hydrogen-bond acceptors (Lipinski definition) is 5. The van der Waals surface area contributed by atoms with Gasteiger partial charge >= 0.3 is 5.97 Å². The van der Waals surface area contributed by atoms with Gasteiger partial charge in [0.05, 0.1) is 19.3 Å². The minimum Gasteiger partial charge on any atom is -0.466 e. The summed E-state index contributed by atoms with van der Waals surface area (Å²) >= 11 is 0. The molecule has 0 amide bonds. The van der Waals surface area contributed by atoms with Crippen LogP contribution in [-0.2, 0) is 9.53 Å². The Balaban J connectivity index is 4.40. The summed E-state index contributed by atoms with van der Waals surface area (Å²) in [5.74, 6) is -0.846. The summed E-state index contributed by atoms with van der Waals surface area (Å²) < 4.78 is 4.50. The largest absolute Gasteiger partial charge is 0.466 e. The van der Waals surface area contributed by atoms with E-state index in [-0.39, 0.29) is 6.61 Å². The highest BCUT2D eigenvalue weighted by Gasteiger charge is 2.26. The van der Waals surface area contributed by atoms with Crippen LogP contribution in [0.15, 0.2) is 5.11 Å². The molecule has 0 saturated carbocycles. The Morgan fingerprint density at radius 3 is 2.77 bits per heavy atom. The smallest absolute Gasteiger partial charge is 0.317 e. The van der Waals surface area contributed by atoms with Gasteiger partial charge in [0.2, 0.25) is 0 Å². The minimum atomic E-state index is -1.42. The first-order valence-electron chi connectivity index (χ1n) is 3.67. The third kappa shape index (κ3) is 3.75. The van der Waals surface area contributed by atoms with Crippen molar-refractivity contribution in [3.8, 4) is 0 Å². The second-order valence-electron chi connectivity index (χ2n) is 2.15. The lowest BCUT2D eigenvalue weighted by Crippen LogP contribution is -2.36. The lowest BCUT2D eigenvalue weighted by Gasteiger charge is -2.13. The topological polar surface area (TPSA) is 116 Å². The Morgan fingerprint density at radius 1 is 1.77 bits per heavy atom. The molecule has 13 heavy (non-hydrogen) atoms. The second-order valence-corrected chi connectivity index (χ2v) is 2.15. The quantitative estimate of drug-likeness (QED) is 0.264. The summed E-state index contributed by atoms with van der Waals surface area (Å²) in [6, 6.07) is -1.38. The van der Waals surface area contributed by atoms with Gasteiger partial charge in [0.25, 0.3) is 0 Å². The Kier molecular flexibility index (Phi) is 5.62. The number of esters is 1. The highest BCUT2D eigenvalue weighted by Crippen LogP contribution is 2.02. The third-order valence-corrected chi connectivity index (χ3v) is 1.26. The van der Waals surface area contributed by atoms with Gasteiger partial charge in [-0.15, -0.1) is 0 Å². The van der Waals surface area contributed by atoms with Gasteiger partial charge in [-0.3, -0.25) is 4.79 Å². The molecule has 0 saturated heterocycles. The first kappa shape index (κ1) is 11.7. The molecule has 0 aliphatic heterocycles. The number of aliphatic hydroxyl groups excluding tert-OH is 2. The average Bonchev–Trinajstić information content (AvgIpc) is 2.13. The SMILES string of the molecule is CCOC(=O)[C@@H](N=[N+]=[N-])[C@@H](O)CO. The summed E-state index contributed by atoms with van der Waals surface area (Å²) in [5.41, 5.74) is 8.06. The van der Waals surface area contributed by atoms with Crippen LogP contribution in [0.2, 0.25) is 0 Å². The number of rotatable bonds is 5. The maximum absolute atomic E-state index is 11.0. The molecule has 2 N–H and O–H groups in total. The highest BCUT2D eigenvalue weighted by molar-refractivity contribution is 5.76. The maximum atomic E-state index is 11.0. The summed E-state index contributed by atoms with van der Waals surface area (Å²) in [5, 5.41) is 20.5. The number of carbonyl (C=O) groups is 1. The van der Waals surface area contributed by atoms with E-state index in [0.29, 0.717) is 0 Å². The number of ether oxygens (including phenoxy) is 1. The molecular weight excluding hydrogens is 178 g/mol. The van der Waals surface area contributed by atoms with Gasteiger partial charge in [-0.1, -0.05) is 5.11 Å². The molecular formula is C6H11N3O4. The molecule has 0 fully saturated rings. The minimum absolute atomic E-state index is 0.119. The van der Waals surface area contributed by atoms with Crippen LogP contribution in [0.3, 0.4) is 0 Å². The van der Waals surface area contributed by atoms with Crippen molar-refractivity contribution in [1.82, 2.24) is 0 Å². The summed E-state index contributed by atoms with van der Waals surface area (Å²) in [6.07, 6.45) is -1.42. The van der Waals surface area contributed by atoms with Crippen molar-refractivity contribution in [3.63, 3.8) is 0 Å². The van der Waals surface area contributed by atoms with Crippen molar-refractivity contribution in [1.29, 1.82) is 0 Å². The van der Waals surface area contributed by atoms with Crippen molar-refractivity contribution in [3.05, 3.63) is 10.4 Å². The number of hydrogen-bond donors (Lipinski definition) is 2. The molecule has 0 heterocycles. The fraction of sp³-hybridized carbons (Fsp3) is 0.833. The monoisotopic (exact) mass is 189 g/mol. The van der Waals surface area contributed by atoms with Crippen LogP contribution in [0.1, 0.15) is 6.92 Å². The zero-order chi connectivity index (χ0) is 10.3. The van der Waals surface area contributed by atoms with Crippen LogP contribution in [-0.4, -0.2) is 41.5 Å². The molecule has 7 heteroatoms. The number of nitrogens with zero attached hydrogens (tertiary/aromatic N) is 3. The molecule has 0 bridgehead atoms. The standard InChI is InChI=1S/C6H11N3O4/c1-2-13-6(12)5(8-9-7)4(11)3-10/h4-5,10-11H,2-3H2,1H3/t4-,5-/m0/s1. The van der Waals surface area contributed by atoms with E-state index < -0.39 is 24.7 Å². The van der Waals surface area contributed by atoms with Crippen LogP contribution in [0.4, 0.5) is 0 Å². The normalized spacial score (nSPS) is 14.1. The Bertz CT molecular complexity index is 214. The van der Waals surface area contributed by atoms with Gasteiger partial charge in [-0.05, 0) is 12.5 Å². The summed E-state index contributed by atoms with van der Waals surface area (Å²) in [4.78, 5) is 13.3. The first-order chi connectivity index (χ1) is 6.17. The van der Waals surface area contributed by atoms with Crippen LogP contribution >= 0.6 is 0 Å². The maximum Gasteiger partial charge on any atom is 0.317 e. The van der Waals surface area contributed by atoms with E-state index >= 15 is 0 Å². The predicted molar refractivity (Wildman–Crippen MR) is 42.7 cm³/mol. The molecule has 0 aliphatic carbocycles. The Hall–Kier alpha value is -1.30. The zero-order valence-corrected chi connectivity index (χ0v) is 7.12. The van der Waals surface area contributed by atoms with E-state index in [1.807, 2.05) is 0 Å². The number of carbonyl (C=O) groups excluding carboxylic acids is 1. The van der Waals surface area contributed by atoms with E-state index in [9.17, 15) is 4.79 Å². The molecule has 0 unspecified atom stereocenters. The van der Waals surface area contributed by atoms with E-state index in [4.69, 9.17) is 15.7 Å². The molecule has 74 valence electrons. The molecule has 0 aliphatic rings. The van der Waals surface area contributed by atoms with E-state index in [1.54, 1.807) is 6.92 Å². The van der Waals surface area contributed by atoms with Gasteiger partial charge in [0, 0.05) is 4.91 Å². The van der Waals surface area contributed by atoms with Gasteiger partial charge in [0.1, 0.15) is 0 Å². The second kappa shape index (κ2) is 6.24.